The number of fused-ring (bicyclic) bond motifs is 1. The first-order chi connectivity index (χ1) is 14.7. The maximum atomic E-state index is 12.9. The Balaban J connectivity index is 1.36. The van der Waals surface area contributed by atoms with E-state index < -0.39 is 0 Å². The molecule has 162 valence electrons. The number of hydrogen-bond acceptors (Lipinski definition) is 8. The highest BCUT2D eigenvalue weighted by atomic mass is 32.1. The van der Waals surface area contributed by atoms with Crippen molar-refractivity contribution in [2.75, 3.05) is 58.6 Å². The normalized spacial score (nSPS) is 23.8. The SMILES string of the molecule is COc1ncc([C@@H]2COCCO2)c2sc(NC(=O)N3CCC4(CCOCC4)C3)nc12. The van der Waals surface area contributed by atoms with Gasteiger partial charge in [-0.25, -0.2) is 14.8 Å². The van der Waals surface area contributed by atoms with E-state index in [9.17, 15) is 4.79 Å². The molecule has 0 saturated carbocycles. The molecule has 0 aromatic carbocycles. The van der Waals surface area contributed by atoms with Gasteiger partial charge in [-0.05, 0) is 24.7 Å². The number of carbonyl (C=O) groups excluding carboxylic acids is 1. The van der Waals surface area contributed by atoms with Crippen molar-refractivity contribution in [3.8, 4) is 5.88 Å². The highest BCUT2D eigenvalue weighted by Gasteiger charge is 2.41. The summed E-state index contributed by atoms with van der Waals surface area (Å²) in [6, 6.07) is -0.108. The van der Waals surface area contributed by atoms with Gasteiger partial charge in [0, 0.05) is 38.1 Å². The van der Waals surface area contributed by atoms with Crippen LogP contribution in [0.1, 0.15) is 30.9 Å². The van der Waals surface area contributed by atoms with Crippen molar-refractivity contribution in [3.05, 3.63) is 11.8 Å². The number of anilines is 1. The largest absolute Gasteiger partial charge is 0.479 e. The molecule has 2 aromatic rings. The first kappa shape index (κ1) is 19.9. The third-order valence-corrected chi connectivity index (χ3v) is 7.28. The Morgan fingerprint density at radius 2 is 2.13 bits per heavy atom. The summed E-state index contributed by atoms with van der Waals surface area (Å²) >= 11 is 1.42. The van der Waals surface area contributed by atoms with Crippen LogP contribution in [0.2, 0.25) is 0 Å². The average Bonchev–Trinajstić information content (AvgIpc) is 3.38. The van der Waals surface area contributed by atoms with Gasteiger partial charge in [0.05, 0.1) is 31.6 Å². The minimum atomic E-state index is -0.199. The number of amides is 2. The highest BCUT2D eigenvalue weighted by molar-refractivity contribution is 7.22. The van der Waals surface area contributed by atoms with Crippen LogP contribution in [0.4, 0.5) is 9.93 Å². The minimum absolute atomic E-state index is 0.108. The quantitative estimate of drug-likeness (QED) is 0.794. The van der Waals surface area contributed by atoms with Gasteiger partial charge in [-0.1, -0.05) is 11.3 Å². The summed E-state index contributed by atoms with van der Waals surface area (Å²) in [5, 5.41) is 3.52. The predicted molar refractivity (Wildman–Crippen MR) is 111 cm³/mol. The number of nitrogens with one attached hydrogen (secondary N) is 1. The third kappa shape index (κ3) is 3.73. The van der Waals surface area contributed by atoms with Crippen molar-refractivity contribution in [1.82, 2.24) is 14.9 Å². The van der Waals surface area contributed by atoms with E-state index >= 15 is 0 Å². The maximum Gasteiger partial charge on any atom is 0.323 e. The molecule has 3 aliphatic rings. The van der Waals surface area contributed by atoms with Gasteiger partial charge in [-0.3, -0.25) is 5.32 Å². The van der Waals surface area contributed by atoms with Crippen molar-refractivity contribution < 1.29 is 23.7 Å². The monoisotopic (exact) mass is 434 g/mol. The summed E-state index contributed by atoms with van der Waals surface area (Å²) in [5.41, 5.74) is 1.75. The summed E-state index contributed by atoms with van der Waals surface area (Å²) in [5.74, 6) is 0.435. The van der Waals surface area contributed by atoms with Crippen molar-refractivity contribution in [3.63, 3.8) is 0 Å². The van der Waals surface area contributed by atoms with E-state index in [0.717, 1.165) is 55.8 Å². The number of methoxy groups -OCH3 is 1. The Labute approximate surface area is 178 Å². The van der Waals surface area contributed by atoms with Crippen LogP contribution in [-0.2, 0) is 14.2 Å². The summed E-state index contributed by atoms with van der Waals surface area (Å²) in [6.45, 7) is 4.73. The lowest BCUT2D eigenvalue weighted by molar-refractivity contribution is -0.0896. The molecule has 3 aliphatic heterocycles. The molecule has 30 heavy (non-hydrogen) atoms. The predicted octanol–water partition coefficient (Wildman–Crippen LogP) is 2.82. The van der Waals surface area contributed by atoms with E-state index in [2.05, 4.69) is 15.3 Å². The lowest BCUT2D eigenvalue weighted by Crippen LogP contribution is -2.37. The van der Waals surface area contributed by atoms with Gasteiger partial charge in [-0.15, -0.1) is 0 Å². The van der Waals surface area contributed by atoms with E-state index in [1.165, 1.54) is 11.3 Å². The van der Waals surface area contributed by atoms with Gasteiger partial charge in [0.15, 0.2) is 5.13 Å². The average molecular weight is 435 g/mol. The smallest absolute Gasteiger partial charge is 0.323 e. The van der Waals surface area contributed by atoms with Crippen LogP contribution in [-0.4, -0.2) is 74.1 Å². The van der Waals surface area contributed by atoms with Crippen LogP contribution in [0, 0.1) is 5.41 Å². The number of urea groups is 1. The number of pyridine rings is 1. The topological polar surface area (TPSA) is 95.0 Å². The lowest BCUT2D eigenvalue weighted by Gasteiger charge is -2.33. The molecule has 0 aliphatic carbocycles. The van der Waals surface area contributed by atoms with Crippen molar-refractivity contribution in [2.24, 2.45) is 5.41 Å². The number of hydrogen-bond donors (Lipinski definition) is 1. The van der Waals surface area contributed by atoms with E-state index in [0.29, 0.717) is 36.3 Å². The molecule has 1 atom stereocenters. The fraction of sp³-hybridized carbons (Fsp3) is 0.650. The van der Waals surface area contributed by atoms with E-state index in [1.54, 1.807) is 13.3 Å². The van der Waals surface area contributed by atoms with Crippen molar-refractivity contribution in [2.45, 2.75) is 25.4 Å². The molecule has 1 N–H and O–H groups in total. The number of aromatic nitrogens is 2. The second kappa shape index (κ2) is 8.26. The molecule has 10 heteroatoms. The van der Waals surface area contributed by atoms with Crippen molar-refractivity contribution in [1.29, 1.82) is 0 Å². The molecule has 3 saturated heterocycles. The Bertz CT molecular complexity index is 923. The number of ether oxygens (including phenoxy) is 4. The first-order valence-corrected chi connectivity index (χ1v) is 11.2. The van der Waals surface area contributed by atoms with Gasteiger partial charge < -0.3 is 23.8 Å². The van der Waals surface area contributed by atoms with E-state index in [1.807, 2.05) is 4.90 Å². The summed E-state index contributed by atoms with van der Waals surface area (Å²) in [6.07, 6.45) is 4.63. The molecule has 1 spiro atoms. The molecule has 0 bridgehead atoms. The molecule has 2 aromatic heterocycles. The van der Waals surface area contributed by atoms with Crippen LogP contribution >= 0.6 is 11.3 Å². The van der Waals surface area contributed by atoms with Gasteiger partial charge in [0.25, 0.3) is 0 Å². The zero-order valence-electron chi connectivity index (χ0n) is 17.0. The lowest BCUT2D eigenvalue weighted by atomic mass is 9.80. The van der Waals surface area contributed by atoms with Crippen LogP contribution in [0.15, 0.2) is 6.20 Å². The Morgan fingerprint density at radius 3 is 2.90 bits per heavy atom. The number of rotatable bonds is 3. The Kier molecular flexibility index (Phi) is 5.48. The van der Waals surface area contributed by atoms with Crippen molar-refractivity contribution >= 4 is 32.7 Å². The fourth-order valence-corrected chi connectivity index (χ4v) is 5.50. The zero-order chi connectivity index (χ0) is 20.6. The van der Waals surface area contributed by atoms with E-state index in [4.69, 9.17) is 18.9 Å². The molecule has 3 fully saturated rings. The molecule has 9 nitrogen and oxygen atoms in total. The maximum absolute atomic E-state index is 12.9. The fourth-order valence-electron chi connectivity index (χ4n) is 4.50. The van der Waals surface area contributed by atoms with Crippen LogP contribution in [0.3, 0.4) is 0 Å². The Hall–Kier alpha value is -2.01. The van der Waals surface area contributed by atoms with Crippen LogP contribution < -0.4 is 10.1 Å². The van der Waals surface area contributed by atoms with Gasteiger partial charge in [-0.2, -0.15) is 0 Å². The van der Waals surface area contributed by atoms with Crippen LogP contribution in [0.5, 0.6) is 5.88 Å². The molecular weight excluding hydrogens is 408 g/mol. The molecular formula is C20H26N4O5S. The highest BCUT2D eigenvalue weighted by Crippen LogP contribution is 2.41. The standard InChI is InChI=1S/C20H26N4O5S/c1-26-17-15-16(13(10-21-17)14-11-28-8-9-29-14)30-18(22-15)23-19(25)24-5-2-20(12-24)3-6-27-7-4-20/h10,14H,2-9,11-12H2,1H3,(H,22,23,25)/t14-/m0/s1. The minimum Gasteiger partial charge on any atom is -0.479 e. The first-order valence-electron chi connectivity index (χ1n) is 10.3. The van der Waals surface area contributed by atoms with Gasteiger partial charge >= 0.3 is 6.03 Å². The van der Waals surface area contributed by atoms with Gasteiger partial charge in [0.1, 0.15) is 11.6 Å². The van der Waals surface area contributed by atoms with Crippen LogP contribution in [0.25, 0.3) is 10.2 Å². The number of nitrogens with zero attached hydrogens (tertiary/aromatic N) is 3. The molecule has 5 heterocycles. The summed E-state index contributed by atoms with van der Waals surface area (Å²) in [4.78, 5) is 23.8. The molecule has 0 unspecified atom stereocenters. The van der Waals surface area contributed by atoms with Gasteiger partial charge in [0.2, 0.25) is 5.88 Å². The zero-order valence-corrected chi connectivity index (χ0v) is 17.8. The summed E-state index contributed by atoms with van der Waals surface area (Å²) < 4.78 is 23.2. The molecule has 2 amide bonds. The summed E-state index contributed by atoms with van der Waals surface area (Å²) in [7, 11) is 1.57. The number of likely N-dealkylation sites (tertiary alicyclic amines) is 1. The molecule has 0 radical (unpaired) electrons. The number of carbonyl (C=O) groups is 1. The Morgan fingerprint density at radius 1 is 1.27 bits per heavy atom. The molecule has 5 rings (SSSR count). The van der Waals surface area contributed by atoms with E-state index in [-0.39, 0.29) is 17.6 Å². The second-order valence-electron chi connectivity index (χ2n) is 8.07. The second-order valence-corrected chi connectivity index (χ2v) is 9.07. The third-order valence-electron chi connectivity index (χ3n) is 6.26. The number of thiazole rings is 1.